The number of carbonyl (C=O) groups is 2. The Morgan fingerprint density at radius 3 is 2.39 bits per heavy atom. The molecule has 0 spiro atoms. The third-order valence-corrected chi connectivity index (χ3v) is 4.77. The van der Waals surface area contributed by atoms with Crippen LogP contribution in [0.15, 0.2) is 30.3 Å². The quantitative estimate of drug-likeness (QED) is 0.796. The standard InChI is InChI=1S/C21H23NO6/c1-13-4-5-16(17(23)8-13)21(25)28-12-20(24)22-7-6-14-9-18(26-2)19(27-3)10-15(14)11-22/h4-5,8-10,23H,6-7,11-12H2,1-3H3. The summed E-state index contributed by atoms with van der Waals surface area (Å²) in [5.41, 5.74) is 2.94. The minimum atomic E-state index is -0.727. The molecule has 0 bridgehead atoms. The van der Waals surface area contributed by atoms with Gasteiger partial charge in [0.2, 0.25) is 0 Å². The Morgan fingerprint density at radius 1 is 1.07 bits per heavy atom. The molecule has 1 aliphatic heterocycles. The van der Waals surface area contributed by atoms with Gasteiger partial charge >= 0.3 is 5.97 Å². The fourth-order valence-electron chi connectivity index (χ4n) is 3.21. The van der Waals surface area contributed by atoms with Crippen LogP contribution in [-0.4, -0.2) is 49.3 Å². The number of phenols is 1. The van der Waals surface area contributed by atoms with Gasteiger partial charge in [-0.3, -0.25) is 4.79 Å². The molecule has 28 heavy (non-hydrogen) atoms. The van der Waals surface area contributed by atoms with Gasteiger partial charge in [-0.15, -0.1) is 0 Å². The zero-order valence-electron chi connectivity index (χ0n) is 16.2. The number of nitrogens with zero attached hydrogens (tertiary/aromatic N) is 1. The van der Waals surface area contributed by atoms with E-state index in [1.165, 1.54) is 12.1 Å². The smallest absolute Gasteiger partial charge is 0.342 e. The number of carbonyl (C=O) groups excluding carboxylic acids is 2. The number of rotatable bonds is 5. The van der Waals surface area contributed by atoms with Crippen molar-refractivity contribution in [1.82, 2.24) is 4.90 Å². The van der Waals surface area contributed by atoms with E-state index >= 15 is 0 Å². The van der Waals surface area contributed by atoms with Crippen molar-refractivity contribution < 1.29 is 28.9 Å². The minimum Gasteiger partial charge on any atom is -0.507 e. The lowest BCUT2D eigenvalue weighted by Crippen LogP contribution is -2.38. The SMILES string of the molecule is COc1cc2c(cc1OC)CN(C(=O)COC(=O)c1ccc(C)cc1O)CC2. The zero-order chi connectivity index (χ0) is 20.3. The van der Waals surface area contributed by atoms with E-state index in [4.69, 9.17) is 14.2 Å². The highest BCUT2D eigenvalue weighted by Gasteiger charge is 2.24. The number of methoxy groups -OCH3 is 2. The van der Waals surface area contributed by atoms with Crippen molar-refractivity contribution in [1.29, 1.82) is 0 Å². The molecule has 2 aromatic rings. The monoisotopic (exact) mass is 385 g/mol. The van der Waals surface area contributed by atoms with Gasteiger partial charge in [-0.05, 0) is 54.3 Å². The number of hydrogen-bond acceptors (Lipinski definition) is 6. The molecule has 0 atom stereocenters. The first-order valence-electron chi connectivity index (χ1n) is 8.91. The van der Waals surface area contributed by atoms with Gasteiger partial charge in [0.05, 0.1) is 14.2 Å². The Kier molecular flexibility index (Phi) is 5.73. The first kappa shape index (κ1) is 19.5. The highest BCUT2D eigenvalue weighted by Crippen LogP contribution is 2.33. The summed E-state index contributed by atoms with van der Waals surface area (Å²) in [4.78, 5) is 26.3. The Balaban J connectivity index is 1.64. The van der Waals surface area contributed by atoms with Gasteiger partial charge < -0.3 is 24.2 Å². The number of esters is 1. The lowest BCUT2D eigenvalue weighted by atomic mass is 9.99. The lowest BCUT2D eigenvalue weighted by Gasteiger charge is -2.29. The maximum Gasteiger partial charge on any atom is 0.342 e. The van der Waals surface area contributed by atoms with E-state index in [0.29, 0.717) is 31.0 Å². The van der Waals surface area contributed by atoms with E-state index in [1.807, 2.05) is 12.1 Å². The first-order chi connectivity index (χ1) is 13.4. The molecule has 148 valence electrons. The highest BCUT2D eigenvalue weighted by molar-refractivity contribution is 5.94. The van der Waals surface area contributed by atoms with Gasteiger partial charge in [-0.2, -0.15) is 0 Å². The van der Waals surface area contributed by atoms with E-state index in [9.17, 15) is 14.7 Å². The molecule has 7 heteroatoms. The van der Waals surface area contributed by atoms with Crippen LogP contribution in [-0.2, 0) is 22.5 Å². The second-order valence-electron chi connectivity index (χ2n) is 6.64. The summed E-state index contributed by atoms with van der Waals surface area (Å²) in [5, 5.41) is 9.86. The maximum atomic E-state index is 12.5. The van der Waals surface area contributed by atoms with E-state index in [0.717, 1.165) is 16.7 Å². The summed E-state index contributed by atoms with van der Waals surface area (Å²) in [6, 6.07) is 8.44. The molecule has 1 N–H and O–H groups in total. The third-order valence-electron chi connectivity index (χ3n) is 4.77. The van der Waals surface area contributed by atoms with Gasteiger partial charge in [-0.1, -0.05) is 6.07 Å². The summed E-state index contributed by atoms with van der Waals surface area (Å²) in [6.07, 6.45) is 0.675. The molecule has 0 saturated carbocycles. The van der Waals surface area contributed by atoms with Crippen molar-refractivity contribution in [3.63, 3.8) is 0 Å². The average Bonchev–Trinajstić information content (AvgIpc) is 2.70. The van der Waals surface area contributed by atoms with Crippen LogP contribution in [0.5, 0.6) is 17.2 Å². The molecule has 2 aromatic carbocycles. The molecule has 1 aliphatic rings. The van der Waals surface area contributed by atoms with Gasteiger partial charge in [0.1, 0.15) is 11.3 Å². The molecule has 0 fully saturated rings. The summed E-state index contributed by atoms with van der Waals surface area (Å²) >= 11 is 0. The minimum absolute atomic E-state index is 0.0409. The Bertz CT molecular complexity index is 908. The molecule has 0 saturated heterocycles. The number of hydrogen-bond donors (Lipinski definition) is 1. The lowest BCUT2D eigenvalue weighted by molar-refractivity contribution is -0.135. The molecular weight excluding hydrogens is 362 g/mol. The van der Waals surface area contributed by atoms with Crippen molar-refractivity contribution >= 4 is 11.9 Å². The van der Waals surface area contributed by atoms with Crippen LogP contribution in [0, 0.1) is 6.92 Å². The van der Waals surface area contributed by atoms with Gasteiger partial charge in [0.15, 0.2) is 18.1 Å². The van der Waals surface area contributed by atoms with Gasteiger partial charge in [-0.25, -0.2) is 4.79 Å². The topological polar surface area (TPSA) is 85.3 Å². The summed E-state index contributed by atoms with van der Waals surface area (Å²) in [6.45, 7) is 2.35. The van der Waals surface area contributed by atoms with E-state index in [2.05, 4.69) is 0 Å². The maximum absolute atomic E-state index is 12.5. The Morgan fingerprint density at radius 2 is 1.75 bits per heavy atom. The van der Waals surface area contributed by atoms with E-state index in [1.54, 1.807) is 32.1 Å². The Labute approximate surface area is 163 Å². The number of ether oxygens (including phenoxy) is 3. The number of phenolic OH excluding ortho intramolecular Hbond substituents is 1. The third kappa shape index (κ3) is 4.03. The predicted molar refractivity (Wildman–Crippen MR) is 102 cm³/mol. The molecule has 0 radical (unpaired) electrons. The number of amides is 1. The van der Waals surface area contributed by atoms with Crippen LogP contribution in [0.2, 0.25) is 0 Å². The van der Waals surface area contributed by atoms with Crippen LogP contribution in [0.25, 0.3) is 0 Å². The van der Waals surface area contributed by atoms with Gasteiger partial charge in [0.25, 0.3) is 5.91 Å². The fraction of sp³-hybridized carbons (Fsp3) is 0.333. The van der Waals surface area contributed by atoms with Crippen LogP contribution in [0.3, 0.4) is 0 Å². The summed E-state index contributed by atoms with van der Waals surface area (Å²) in [5.74, 6) is 0.0881. The second kappa shape index (κ2) is 8.21. The normalized spacial score (nSPS) is 12.9. The van der Waals surface area contributed by atoms with Crippen molar-refractivity contribution in [2.75, 3.05) is 27.4 Å². The molecule has 7 nitrogen and oxygen atoms in total. The van der Waals surface area contributed by atoms with E-state index in [-0.39, 0.29) is 23.8 Å². The molecule has 0 aliphatic carbocycles. The van der Waals surface area contributed by atoms with Gasteiger partial charge in [0, 0.05) is 13.1 Å². The van der Waals surface area contributed by atoms with E-state index < -0.39 is 5.97 Å². The molecule has 0 aromatic heterocycles. The zero-order valence-corrected chi connectivity index (χ0v) is 16.2. The van der Waals surface area contributed by atoms with Crippen LogP contribution < -0.4 is 9.47 Å². The largest absolute Gasteiger partial charge is 0.507 e. The summed E-state index contributed by atoms with van der Waals surface area (Å²) < 4.78 is 15.7. The summed E-state index contributed by atoms with van der Waals surface area (Å²) in [7, 11) is 3.15. The van der Waals surface area contributed by atoms with Crippen LogP contribution in [0.1, 0.15) is 27.0 Å². The molecule has 1 amide bonds. The van der Waals surface area contributed by atoms with Crippen LogP contribution >= 0.6 is 0 Å². The first-order valence-corrected chi connectivity index (χ1v) is 8.91. The molecular formula is C21H23NO6. The highest BCUT2D eigenvalue weighted by atomic mass is 16.5. The molecule has 3 rings (SSSR count). The number of aromatic hydroxyl groups is 1. The van der Waals surface area contributed by atoms with Crippen molar-refractivity contribution in [3.8, 4) is 17.2 Å². The number of fused-ring (bicyclic) bond motifs is 1. The second-order valence-corrected chi connectivity index (χ2v) is 6.64. The fourth-order valence-corrected chi connectivity index (χ4v) is 3.21. The number of benzene rings is 2. The number of aryl methyl sites for hydroxylation is 1. The van der Waals surface area contributed by atoms with Crippen LogP contribution in [0.4, 0.5) is 0 Å². The van der Waals surface area contributed by atoms with Crippen molar-refractivity contribution in [2.45, 2.75) is 19.9 Å². The predicted octanol–water partition coefficient (Wildman–Crippen LogP) is 2.46. The molecule has 1 heterocycles. The Hall–Kier alpha value is -3.22. The van der Waals surface area contributed by atoms with Crippen molar-refractivity contribution in [3.05, 3.63) is 52.6 Å². The van der Waals surface area contributed by atoms with Crippen molar-refractivity contribution in [2.24, 2.45) is 0 Å². The average molecular weight is 385 g/mol. The molecule has 0 unspecified atom stereocenters.